The second kappa shape index (κ2) is 11.1. The number of hydrogen-bond acceptors (Lipinski definition) is 2. The molecule has 0 spiro atoms. The van der Waals surface area contributed by atoms with E-state index in [2.05, 4.69) is 42.2 Å². The molecule has 0 aliphatic rings. The highest BCUT2D eigenvalue weighted by Gasteiger charge is 2.14. The first-order chi connectivity index (χ1) is 15.1. The maximum absolute atomic E-state index is 10.8. The molecule has 2 N–H and O–H groups in total. The van der Waals surface area contributed by atoms with Crippen molar-refractivity contribution in [2.24, 2.45) is 0 Å². The van der Waals surface area contributed by atoms with Crippen LogP contribution in [-0.4, -0.2) is 21.0 Å². The van der Waals surface area contributed by atoms with Crippen LogP contribution in [0.2, 0.25) is 0 Å². The summed E-state index contributed by atoms with van der Waals surface area (Å²) in [5, 5.41) is 8.83. The number of H-pyrrole nitrogens is 1. The lowest BCUT2D eigenvalue weighted by molar-refractivity contribution is -0.131. The number of carbonyl (C=O) groups is 1. The quantitative estimate of drug-likeness (QED) is 0.277. The third-order valence-electron chi connectivity index (χ3n) is 5.18. The molecule has 160 valence electrons. The van der Waals surface area contributed by atoms with Gasteiger partial charge in [-0.2, -0.15) is 0 Å². The van der Waals surface area contributed by atoms with Gasteiger partial charge in [0.25, 0.3) is 0 Å². The fourth-order valence-electron chi connectivity index (χ4n) is 3.55. The lowest BCUT2D eigenvalue weighted by Gasteiger charge is -2.05. The van der Waals surface area contributed by atoms with Gasteiger partial charge >= 0.3 is 5.97 Å². The highest BCUT2D eigenvalue weighted by Crippen LogP contribution is 2.31. The molecule has 1 aromatic heterocycles. The van der Waals surface area contributed by atoms with Crippen molar-refractivity contribution in [1.82, 2.24) is 9.97 Å². The molecule has 4 nitrogen and oxygen atoms in total. The zero-order valence-electron chi connectivity index (χ0n) is 18.3. The normalized spacial score (nSPS) is 11.5. The Labute approximate surface area is 184 Å². The summed E-state index contributed by atoms with van der Waals surface area (Å²) in [5.41, 5.74) is 6.08. The highest BCUT2D eigenvalue weighted by atomic mass is 16.4. The van der Waals surface area contributed by atoms with E-state index in [1.54, 1.807) is 6.08 Å². The molecule has 2 aromatic carbocycles. The van der Waals surface area contributed by atoms with E-state index >= 15 is 0 Å². The molecular weight excluding hydrogens is 384 g/mol. The van der Waals surface area contributed by atoms with Crippen LogP contribution in [0.5, 0.6) is 0 Å². The van der Waals surface area contributed by atoms with Crippen LogP contribution in [0.15, 0.2) is 60.7 Å². The zero-order valence-corrected chi connectivity index (χ0v) is 18.3. The fraction of sp³-hybridized carbons (Fsp3) is 0.259. The van der Waals surface area contributed by atoms with Crippen LogP contribution in [0.1, 0.15) is 56.5 Å². The van der Waals surface area contributed by atoms with Gasteiger partial charge in [0.05, 0.1) is 11.4 Å². The monoisotopic (exact) mass is 414 g/mol. The Morgan fingerprint density at radius 2 is 1.58 bits per heavy atom. The molecule has 1 heterocycles. The van der Waals surface area contributed by atoms with E-state index in [4.69, 9.17) is 10.1 Å². The van der Waals surface area contributed by atoms with Crippen molar-refractivity contribution in [3.8, 4) is 22.5 Å². The van der Waals surface area contributed by atoms with Crippen LogP contribution in [0.4, 0.5) is 0 Å². The summed E-state index contributed by atoms with van der Waals surface area (Å²) < 4.78 is 0. The molecule has 0 saturated heterocycles. The first kappa shape index (κ1) is 22.3. The van der Waals surface area contributed by atoms with Crippen molar-refractivity contribution in [3.05, 3.63) is 77.6 Å². The minimum atomic E-state index is -0.951. The molecule has 0 fully saturated rings. The first-order valence-electron chi connectivity index (χ1n) is 10.9. The standard InChI is InChI=1S/C27H30N2O2/c1-3-5-6-7-9-24-28-26(22-15-10-20(8-4-2)11-16-22)27(29-24)23-17-12-21(13-18-23)14-19-25(30)31/h4,8,10-19H,3,5-7,9H2,1-2H3,(H,28,29)(H,30,31)/b8-4+,19-14+. The Kier molecular flexibility index (Phi) is 7.99. The lowest BCUT2D eigenvalue weighted by Crippen LogP contribution is -1.89. The molecule has 0 bridgehead atoms. The number of hydrogen-bond donors (Lipinski definition) is 2. The number of aliphatic carboxylic acids is 1. The van der Waals surface area contributed by atoms with Crippen LogP contribution in [0.3, 0.4) is 0 Å². The highest BCUT2D eigenvalue weighted by molar-refractivity contribution is 5.85. The Morgan fingerprint density at radius 1 is 0.935 bits per heavy atom. The van der Waals surface area contributed by atoms with Crippen molar-refractivity contribution < 1.29 is 9.90 Å². The summed E-state index contributed by atoms with van der Waals surface area (Å²) in [4.78, 5) is 19.2. The number of nitrogens with one attached hydrogen (secondary N) is 1. The fourth-order valence-corrected chi connectivity index (χ4v) is 3.55. The summed E-state index contributed by atoms with van der Waals surface area (Å²) >= 11 is 0. The van der Waals surface area contributed by atoms with Gasteiger partial charge in [-0.25, -0.2) is 9.78 Å². The second-order valence-electron chi connectivity index (χ2n) is 7.63. The van der Waals surface area contributed by atoms with Crippen LogP contribution in [0.25, 0.3) is 34.7 Å². The van der Waals surface area contributed by atoms with Gasteiger partial charge in [-0.1, -0.05) is 86.9 Å². The van der Waals surface area contributed by atoms with E-state index in [0.717, 1.165) is 52.8 Å². The Hall–Kier alpha value is -3.40. The van der Waals surface area contributed by atoms with Gasteiger partial charge < -0.3 is 10.1 Å². The zero-order chi connectivity index (χ0) is 22.1. The van der Waals surface area contributed by atoms with E-state index in [-0.39, 0.29) is 0 Å². The molecule has 0 radical (unpaired) electrons. The number of aromatic nitrogens is 2. The minimum Gasteiger partial charge on any atom is -0.478 e. The number of nitrogens with zero attached hydrogens (tertiary/aromatic N) is 1. The third-order valence-corrected chi connectivity index (χ3v) is 5.18. The molecule has 0 unspecified atom stereocenters. The van der Waals surface area contributed by atoms with Crippen LogP contribution in [0, 0.1) is 0 Å². The Balaban J connectivity index is 1.92. The molecule has 3 rings (SSSR count). The number of benzene rings is 2. The van der Waals surface area contributed by atoms with Gasteiger partial charge in [-0.05, 0) is 30.5 Å². The van der Waals surface area contributed by atoms with Crippen molar-refractivity contribution in [1.29, 1.82) is 0 Å². The van der Waals surface area contributed by atoms with Crippen molar-refractivity contribution >= 4 is 18.1 Å². The number of allylic oxidation sites excluding steroid dienone is 1. The molecule has 0 aliphatic heterocycles. The third kappa shape index (κ3) is 6.29. The van der Waals surface area contributed by atoms with E-state index in [9.17, 15) is 4.79 Å². The summed E-state index contributed by atoms with van der Waals surface area (Å²) in [5.74, 6) is 0.0567. The van der Waals surface area contributed by atoms with Crippen molar-refractivity contribution in [3.63, 3.8) is 0 Å². The van der Waals surface area contributed by atoms with Crippen molar-refractivity contribution in [2.45, 2.75) is 46.0 Å². The maximum atomic E-state index is 10.8. The second-order valence-corrected chi connectivity index (χ2v) is 7.63. The van der Waals surface area contributed by atoms with Gasteiger partial charge in [0.2, 0.25) is 0 Å². The molecule has 0 saturated carbocycles. The molecule has 0 amide bonds. The number of aryl methyl sites for hydroxylation is 1. The van der Waals surface area contributed by atoms with Gasteiger partial charge in [-0.15, -0.1) is 0 Å². The summed E-state index contributed by atoms with van der Waals surface area (Å²) in [6, 6.07) is 16.3. The van der Waals surface area contributed by atoms with Crippen LogP contribution >= 0.6 is 0 Å². The molecular formula is C27H30N2O2. The van der Waals surface area contributed by atoms with Gasteiger partial charge in [0, 0.05) is 23.6 Å². The topological polar surface area (TPSA) is 66.0 Å². The number of rotatable bonds is 10. The van der Waals surface area contributed by atoms with E-state index < -0.39 is 5.97 Å². The summed E-state index contributed by atoms with van der Waals surface area (Å²) in [6.07, 6.45) is 12.6. The molecule has 31 heavy (non-hydrogen) atoms. The summed E-state index contributed by atoms with van der Waals surface area (Å²) in [6.45, 7) is 4.23. The first-order valence-corrected chi connectivity index (χ1v) is 10.9. The van der Waals surface area contributed by atoms with Gasteiger partial charge in [-0.3, -0.25) is 0 Å². The predicted octanol–water partition coefficient (Wildman–Crippen LogP) is 7.00. The molecule has 0 aliphatic carbocycles. The average Bonchev–Trinajstić information content (AvgIpc) is 3.20. The largest absolute Gasteiger partial charge is 0.478 e. The molecule has 4 heteroatoms. The molecule has 3 aromatic rings. The maximum Gasteiger partial charge on any atom is 0.328 e. The van der Waals surface area contributed by atoms with Crippen LogP contribution in [-0.2, 0) is 11.2 Å². The smallest absolute Gasteiger partial charge is 0.328 e. The van der Waals surface area contributed by atoms with E-state index in [1.807, 2.05) is 37.3 Å². The number of unbranched alkanes of at least 4 members (excludes halogenated alkanes) is 3. The minimum absolute atomic E-state index is 0.846. The number of carboxylic acids is 1. The number of imidazole rings is 1. The van der Waals surface area contributed by atoms with Crippen LogP contribution < -0.4 is 0 Å². The number of aromatic amines is 1. The van der Waals surface area contributed by atoms with E-state index in [1.165, 1.54) is 24.8 Å². The van der Waals surface area contributed by atoms with Gasteiger partial charge in [0.1, 0.15) is 5.82 Å². The Morgan fingerprint density at radius 3 is 2.19 bits per heavy atom. The van der Waals surface area contributed by atoms with Crippen molar-refractivity contribution in [2.75, 3.05) is 0 Å². The average molecular weight is 415 g/mol. The molecule has 0 atom stereocenters. The Bertz CT molecular complexity index is 1040. The number of carboxylic acid groups (broad SMARTS) is 1. The summed E-state index contributed by atoms with van der Waals surface area (Å²) in [7, 11) is 0. The SMILES string of the molecule is C/C=C/c1ccc(-c2[nH]c(CCCCCC)nc2-c2ccc(/C=C/C(=O)O)cc2)cc1. The van der Waals surface area contributed by atoms with E-state index in [0.29, 0.717) is 0 Å². The predicted molar refractivity (Wildman–Crippen MR) is 129 cm³/mol. The van der Waals surface area contributed by atoms with Gasteiger partial charge in [0.15, 0.2) is 0 Å². The lowest BCUT2D eigenvalue weighted by atomic mass is 10.0.